The fourth-order valence-corrected chi connectivity index (χ4v) is 2.54. The zero-order chi connectivity index (χ0) is 17.6. The Balaban J connectivity index is 1.67. The summed E-state index contributed by atoms with van der Waals surface area (Å²) < 4.78 is 1.37. The van der Waals surface area contributed by atoms with Crippen LogP contribution < -0.4 is 10.9 Å². The Hall–Kier alpha value is -3.21. The van der Waals surface area contributed by atoms with Crippen molar-refractivity contribution in [1.29, 1.82) is 0 Å². The third-order valence-electron chi connectivity index (χ3n) is 3.83. The van der Waals surface area contributed by atoms with Gasteiger partial charge < -0.3 is 5.32 Å². The highest BCUT2D eigenvalue weighted by molar-refractivity contribution is 5.94. The van der Waals surface area contributed by atoms with Crippen LogP contribution in [0.5, 0.6) is 0 Å². The SMILES string of the molecule is Cc1cccc(C(=O)NCCn2nc(-c3ccccc3)ccc2=O)c1. The van der Waals surface area contributed by atoms with E-state index in [1.165, 1.54) is 10.7 Å². The Bertz CT molecular complexity index is 933. The third kappa shape index (κ3) is 4.20. The van der Waals surface area contributed by atoms with Gasteiger partial charge in [-0.2, -0.15) is 5.10 Å². The predicted octanol–water partition coefficient (Wildman–Crippen LogP) is 2.65. The van der Waals surface area contributed by atoms with Crippen LogP contribution in [0.15, 0.2) is 71.5 Å². The summed E-state index contributed by atoms with van der Waals surface area (Å²) in [4.78, 5) is 24.1. The van der Waals surface area contributed by atoms with Crippen LogP contribution in [0.3, 0.4) is 0 Å². The van der Waals surface area contributed by atoms with Gasteiger partial charge in [-0.05, 0) is 25.1 Å². The van der Waals surface area contributed by atoms with E-state index in [1.807, 2.05) is 55.5 Å². The maximum Gasteiger partial charge on any atom is 0.266 e. The molecule has 1 heterocycles. The van der Waals surface area contributed by atoms with E-state index < -0.39 is 0 Å². The Labute approximate surface area is 145 Å². The molecule has 2 aromatic carbocycles. The minimum absolute atomic E-state index is 0.157. The van der Waals surface area contributed by atoms with Crippen molar-refractivity contribution < 1.29 is 4.79 Å². The van der Waals surface area contributed by atoms with Crippen LogP contribution in [-0.4, -0.2) is 22.2 Å². The number of nitrogens with zero attached hydrogens (tertiary/aromatic N) is 2. The number of hydrogen-bond acceptors (Lipinski definition) is 3. The van der Waals surface area contributed by atoms with Crippen LogP contribution in [0.1, 0.15) is 15.9 Å². The topological polar surface area (TPSA) is 64.0 Å². The summed E-state index contributed by atoms with van der Waals surface area (Å²) >= 11 is 0. The maximum absolute atomic E-state index is 12.1. The standard InChI is InChI=1S/C20H19N3O2/c1-15-6-5-9-17(14-15)20(25)21-12-13-23-19(24)11-10-18(22-23)16-7-3-2-4-8-16/h2-11,14H,12-13H2,1H3,(H,21,25). The van der Waals surface area contributed by atoms with Crippen molar-refractivity contribution in [3.8, 4) is 11.3 Å². The number of hydrogen-bond donors (Lipinski definition) is 1. The molecule has 0 aliphatic heterocycles. The summed E-state index contributed by atoms with van der Waals surface area (Å²) in [5.41, 5.74) is 3.12. The Morgan fingerprint density at radius 1 is 1.04 bits per heavy atom. The first-order valence-corrected chi connectivity index (χ1v) is 8.12. The quantitative estimate of drug-likeness (QED) is 0.781. The molecule has 0 bridgehead atoms. The molecule has 0 spiro atoms. The molecule has 0 saturated carbocycles. The molecule has 0 saturated heterocycles. The van der Waals surface area contributed by atoms with Gasteiger partial charge in [0.05, 0.1) is 12.2 Å². The van der Waals surface area contributed by atoms with Gasteiger partial charge in [-0.3, -0.25) is 9.59 Å². The lowest BCUT2D eigenvalue weighted by atomic mass is 10.1. The van der Waals surface area contributed by atoms with E-state index in [0.717, 1.165) is 16.8 Å². The smallest absolute Gasteiger partial charge is 0.266 e. The zero-order valence-electron chi connectivity index (χ0n) is 14.0. The molecule has 5 nitrogen and oxygen atoms in total. The fraction of sp³-hybridized carbons (Fsp3) is 0.150. The lowest BCUT2D eigenvalue weighted by Crippen LogP contribution is -2.31. The van der Waals surface area contributed by atoms with Crippen molar-refractivity contribution in [3.05, 3.63) is 88.2 Å². The Kier molecular flexibility index (Phi) is 5.04. The van der Waals surface area contributed by atoms with Gasteiger partial charge in [-0.15, -0.1) is 0 Å². The van der Waals surface area contributed by atoms with Gasteiger partial charge in [0, 0.05) is 23.7 Å². The predicted molar refractivity (Wildman–Crippen MR) is 97.4 cm³/mol. The van der Waals surface area contributed by atoms with Gasteiger partial charge in [-0.25, -0.2) is 4.68 Å². The van der Waals surface area contributed by atoms with Crippen LogP contribution in [0.4, 0.5) is 0 Å². The molecule has 0 radical (unpaired) electrons. The summed E-state index contributed by atoms with van der Waals surface area (Å²) in [6.07, 6.45) is 0. The number of aryl methyl sites for hydroxylation is 1. The van der Waals surface area contributed by atoms with E-state index in [4.69, 9.17) is 0 Å². The maximum atomic E-state index is 12.1. The molecule has 1 N–H and O–H groups in total. The third-order valence-corrected chi connectivity index (χ3v) is 3.83. The van der Waals surface area contributed by atoms with Crippen LogP contribution in [0, 0.1) is 6.92 Å². The first-order valence-electron chi connectivity index (χ1n) is 8.12. The second kappa shape index (κ2) is 7.57. The van der Waals surface area contributed by atoms with Gasteiger partial charge in [-0.1, -0.05) is 48.0 Å². The summed E-state index contributed by atoms with van der Waals surface area (Å²) in [6.45, 7) is 2.59. The average Bonchev–Trinajstić information content (AvgIpc) is 2.64. The summed E-state index contributed by atoms with van der Waals surface area (Å²) in [7, 11) is 0. The first kappa shape index (κ1) is 16.6. The molecule has 0 fully saturated rings. The highest BCUT2D eigenvalue weighted by atomic mass is 16.1. The van der Waals surface area contributed by atoms with Crippen LogP contribution >= 0.6 is 0 Å². The van der Waals surface area contributed by atoms with Gasteiger partial charge in [0.1, 0.15) is 0 Å². The number of carbonyl (C=O) groups is 1. The van der Waals surface area contributed by atoms with Crippen molar-refractivity contribution in [1.82, 2.24) is 15.1 Å². The summed E-state index contributed by atoms with van der Waals surface area (Å²) in [6, 6.07) is 20.3. The molecule has 0 aliphatic carbocycles. The fourth-order valence-electron chi connectivity index (χ4n) is 2.54. The molecule has 126 valence electrons. The largest absolute Gasteiger partial charge is 0.350 e. The molecule has 0 atom stereocenters. The van der Waals surface area contributed by atoms with Gasteiger partial charge in [0.15, 0.2) is 0 Å². The summed E-state index contributed by atoms with van der Waals surface area (Å²) in [5, 5.41) is 7.20. The number of nitrogens with one attached hydrogen (secondary N) is 1. The second-order valence-electron chi connectivity index (χ2n) is 5.77. The average molecular weight is 333 g/mol. The van der Waals surface area contributed by atoms with Crippen molar-refractivity contribution in [2.24, 2.45) is 0 Å². The molecule has 3 rings (SSSR count). The molecule has 25 heavy (non-hydrogen) atoms. The molecule has 3 aromatic rings. The van der Waals surface area contributed by atoms with E-state index in [1.54, 1.807) is 12.1 Å². The van der Waals surface area contributed by atoms with Crippen molar-refractivity contribution in [2.45, 2.75) is 13.5 Å². The minimum Gasteiger partial charge on any atom is -0.350 e. The van der Waals surface area contributed by atoms with Crippen LogP contribution in [0.2, 0.25) is 0 Å². The molecule has 0 unspecified atom stereocenters. The molecule has 0 aliphatic rings. The van der Waals surface area contributed by atoms with Crippen molar-refractivity contribution in [2.75, 3.05) is 6.54 Å². The molecular formula is C20H19N3O2. The van der Waals surface area contributed by atoms with E-state index in [2.05, 4.69) is 10.4 Å². The van der Waals surface area contributed by atoms with E-state index in [9.17, 15) is 9.59 Å². The number of aromatic nitrogens is 2. The summed E-state index contributed by atoms with van der Waals surface area (Å²) in [5.74, 6) is -0.157. The number of amides is 1. The zero-order valence-corrected chi connectivity index (χ0v) is 14.0. The van der Waals surface area contributed by atoms with E-state index in [0.29, 0.717) is 18.7 Å². The van der Waals surface area contributed by atoms with E-state index >= 15 is 0 Å². The highest BCUT2D eigenvalue weighted by Gasteiger charge is 2.06. The van der Waals surface area contributed by atoms with Gasteiger partial charge in [0.25, 0.3) is 11.5 Å². The Morgan fingerprint density at radius 3 is 2.60 bits per heavy atom. The molecule has 1 aromatic heterocycles. The minimum atomic E-state index is -0.190. The van der Waals surface area contributed by atoms with Gasteiger partial charge >= 0.3 is 0 Å². The van der Waals surface area contributed by atoms with Crippen molar-refractivity contribution in [3.63, 3.8) is 0 Å². The first-order chi connectivity index (χ1) is 12.1. The highest BCUT2D eigenvalue weighted by Crippen LogP contribution is 2.13. The van der Waals surface area contributed by atoms with E-state index in [-0.39, 0.29) is 11.5 Å². The number of carbonyl (C=O) groups excluding carboxylic acids is 1. The van der Waals surface area contributed by atoms with Crippen LogP contribution in [0.25, 0.3) is 11.3 Å². The van der Waals surface area contributed by atoms with Crippen molar-refractivity contribution >= 4 is 5.91 Å². The van der Waals surface area contributed by atoms with Crippen LogP contribution in [-0.2, 0) is 6.54 Å². The molecule has 1 amide bonds. The van der Waals surface area contributed by atoms with Gasteiger partial charge in [0.2, 0.25) is 0 Å². The molecular weight excluding hydrogens is 314 g/mol. The monoisotopic (exact) mass is 333 g/mol. The Morgan fingerprint density at radius 2 is 1.84 bits per heavy atom. The second-order valence-corrected chi connectivity index (χ2v) is 5.77. The lowest BCUT2D eigenvalue weighted by Gasteiger charge is -2.09. The number of benzene rings is 2. The normalized spacial score (nSPS) is 10.4. The lowest BCUT2D eigenvalue weighted by molar-refractivity contribution is 0.0951. The molecule has 5 heteroatoms. The number of rotatable bonds is 5.